The molecular weight excluding hydrogens is 344 g/mol. The van der Waals surface area contributed by atoms with Gasteiger partial charge in [0.2, 0.25) is 0 Å². The standard InChI is InChI=1S/C20H18N4O3/c25-20(23-12-14-2-1-7-21-11-14)17-5-3-16(13-22-17)24-15-4-6-18-19(10-15)27-9-8-26-18/h1-7,10-11,13,24H,8-9,12H2,(H,23,25). The van der Waals surface area contributed by atoms with E-state index in [-0.39, 0.29) is 5.91 Å². The molecule has 1 aromatic carbocycles. The Morgan fingerprint density at radius 3 is 2.63 bits per heavy atom. The number of nitrogens with one attached hydrogen (secondary N) is 2. The van der Waals surface area contributed by atoms with E-state index < -0.39 is 0 Å². The number of rotatable bonds is 5. The van der Waals surface area contributed by atoms with Crippen LogP contribution in [0.4, 0.5) is 11.4 Å². The first-order chi connectivity index (χ1) is 13.3. The van der Waals surface area contributed by atoms with Gasteiger partial charge in [0.1, 0.15) is 18.9 Å². The molecule has 0 unspecified atom stereocenters. The second kappa shape index (κ2) is 7.74. The lowest BCUT2D eigenvalue weighted by Crippen LogP contribution is -2.23. The number of hydrogen-bond donors (Lipinski definition) is 2. The third-order valence-electron chi connectivity index (χ3n) is 4.00. The van der Waals surface area contributed by atoms with Crippen molar-refractivity contribution >= 4 is 17.3 Å². The molecule has 3 aromatic rings. The molecule has 0 bridgehead atoms. The minimum atomic E-state index is -0.232. The molecule has 3 heterocycles. The lowest BCUT2D eigenvalue weighted by atomic mass is 10.2. The summed E-state index contributed by atoms with van der Waals surface area (Å²) < 4.78 is 11.1. The van der Waals surface area contributed by atoms with Crippen LogP contribution < -0.4 is 20.1 Å². The second-order valence-corrected chi connectivity index (χ2v) is 5.96. The van der Waals surface area contributed by atoms with Gasteiger partial charge >= 0.3 is 0 Å². The maximum atomic E-state index is 12.2. The Hall–Kier alpha value is -3.61. The third-order valence-corrected chi connectivity index (χ3v) is 4.00. The average molecular weight is 362 g/mol. The van der Waals surface area contributed by atoms with Crippen molar-refractivity contribution in [3.8, 4) is 11.5 Å². The molecule has 1 aliphatic rings. The highest BCUT2D eigenvalue weighted by atomic mass is 16.6. The molecule has 1 aliphatic heterocycles. The summed E-state index contributed by atoms with van der Waals surface area (Å²) >= 11 is 0. The summed E-state index contributed by atoms with van der Waals surface area (Å²) in [4.78, 5) is 20.5. The van der Waals surface area contributed by atoms with Crippen molar-refractivity contribution in [1.29, 1.82) is 0 Å². The molecule has 0 saturated heterocycles. The molecule has 0 saturated carbocycles. The van der Waals surface area contributed by atoms with E-state index in [1.54, 1.807) is 24.7 Å². The number of carbonyl (C=O) groups is 1. The number of carbonyl (C=O) groups excluding carboxylic acids is 1. The van der Waals surface area contributed by atoms with E-state index in [1.165, 1.54) is 0 Å². The molecular formula is C20H18N4O3. The number of pyridine rings is 2. The van der Waals surface area contributed by atoms with Crippen LogP contribution in [0.2, 0.25) is 0 Å². The minimum Gasteiger partial charge on any atom is -0.486 e. The zero-order valence-electron chi connectivity index (χ0n) is 14.5. The highest BCUT2D eigenvalue weighted by molar-refractivity contribution is 5.92. The maximum absolute atomic E-state index is 12.2. The number of aromatic nitrogens is 2. The van der Waals surface area contributed by atoms with Gasteiger partial charge in [0, 0.05) is 30.7 Å². The zero-order chi connectivity index (χ0) is 18.5. The quantitative estimate of drug-likeness (QED) is 0.726. The molecule has 2 aromatic heterocycles. The first kappa shape index (κ1) is 16.8. The lowest BCUT2D eigenvalue weighted by Gasteiger charge is -2.19. The maximum Gasteiger partial charge on any atom is 0.270 e. The molecule has 7 heteroatoms. The van der Waals surface area contributed by atoms with Crippen LogP contribution in [0.15, 0.2) is 61.1 Å². The summed E-state index contributed by atoms with van der Waals surface area (Å²) in [6.07, 6.45) is 5.03. The predicted molar refractivity (Wildman–Crippen MR) is 100 cm³/mol. The number of hydrogen-bond acceptors (Lipinski definition) is 6. The topological polar surface area (TPSA) is 85.4 Å². The highest BCUT2D eigenvalue weighted by Crippen LogP contribution is 2.33. The number of fused-ring (bicyclic) bond motifs is 1. The molecule has 7 nitrogen and oxygen atoms in total. The number of nitrogens with zero attached hydrogens (tertiary/aromatic N) is 2. The Bertz CT molecular complexity index is 930. The average Bonchev–Trinajstić information content (AvgIpc) is 2.73. The van der Waals surface area contributed by atoms with Crippen molar-refractivity contribution in [2.45, 2.75) is 6.54 Å². The Kier molecular flexibility index (Phi) is 4.82. The fourth-order valence-corrected chi connectivity index (χ4v) is 2.67. The summed E-state index contributed by atoms with van der Waals surface area (Å²) in [5.41, 5.74) is 2.92. The van der Waals surface area contributed by atoms with E-state index >= 15 is 0 Å². The Labute approximate surface area is 156 Å². The molecule has 0 radical (unpaired) electrons. The Balaban J connectivity index is 1.38. The molecule has 4 rings (SSSR count). The largest absolute Gasteiger partial charge is 0.486 e. The highest BCUT2D eigenvalue weighted by Gasteiger charge is 2.12. The van der Waals surface area contributed by atoms with Crippen LogP contribution in [0.1, 0.15) is 16.1 Å². The summed E-state index contributed by atoms with van der Waals surface area (Å²) in [5, 5.41) is 6.07. The molecule has 0 atom stereocenters. The second-order valence-electron chi connectivity index (χ2n) is 5.96. The summed E-state index contributed by atoms with van der Waals surface area (Å²) in [5.74, 6) is 1.22. The molecule has 0 aliphatic carbocycles. The zero-order valence-corrected chi connectivity index (χ0v) is 14.5. The molecule has 0 spiro atoms. The van der Waals surface area contributed by atoms with Crippen molar-refractivity contribution in [2.75, 3.05) is 18.5 Å². The molecule has 136 valence electrons. The Morgan fingerprint density at radius 1 is 1.00 bits per heavy atom. The van der Waals surface area contributed by atoms with Crippen LogP contribution in [-0.2, 0) is 6.54 Å². The van der Waals surface area contributed by atoms with Gasteiger partial charge in [-0.15, -0.1) is 0 Å². The van der Waals surface area contributed by atoms with Gasteiger partial charge < -0.3 is 20.1 Å². The monoisotopic (exact) mass is 362 g/mol. The number of benzene rings is 1. The molecule has 2 N–H and O–H groups in total. The van der Waals surface area contributed by atoms with Crippen molar-refractivity contribution < 1.29 is 14.3 Å². The SMILES string of the molecule is O=C(NCc1cccnc1)c1ccc(Nc2ccc3c(c2)OCCO3)cn1. The van der Waals surface area contributed by atoms with Gasteiger partial charge in [-0.05, 0) is 35.9 Å². The molecule has 0 fully saturated rings. The molecule has 1 amide bonds. The van der Waals surface area contributed by atoms with Crippen LogP contribution >= 0.6 is 0 Å². The fourth-order valence-electron chi connectivity index (χ4n) is 2.67. The molecule has 27 heavy (non-hydrogen) atoms. The van der Waals surface area contributed by atoms with Crippen LogP contribution in [0.5, 0.6) is 11.5 Å². The van der Waals surface area contributed by atoms with Crippen LogP contribution in [0.25, 0.3) is 0 Å². The van der Waals surface area contributed by atoms with Crippen LogP contribution in [0, 0.1) is 0 Å². The predicted octanol–water partition coefficient (Wildman–Crippen LogP) is 2.92. The van der Waals surface area contributed by atoms with E-state index in [0.717, 1.165) is 22.7 Å². The van der Waals surface area contributed by atoms with Gasteiger partial charge in [-0.2, -0.15) is 0 Å². The van der Waals surface area contributed by atoms with E-state index in [2.05, 4.69) is 20.6 Å². The number of amides is 1. The summed E-state index contributed by atoms with van der Waals surface area (Å²) in [7, 11) is 0. The van der Waals surface area contributed by atoms with Gasteiger partial charge in [0.15, 0.2) is 11.5 Å². The third kappa shape index (κ3) is 4.14. The van der Waals surface area contributed by atoms with E-state index in [1.807, 2.05) is 36.4 Å². The van der Waals surface area contributed by atoms with Gasteiger partial charge in [-0.1, -0.05) is 6.07 Å². The van der Waals surface area contributed by atoms with Gasteiger partial charge in [0.25, 0.3) is 5.91 Å². The van der Waals surface area contributed by atoms with Crippen molar-refractivity contribution in [1.82, 2.24) is 15.3 Å². The summed E-state index contributed by atoms with van der Waals surface area (Å²) in [6.45, 7) is 1.51. The van der Waals surface area contributed by atoms with E-state index in [4.69, 9.17) is 9.47 Å². The smallest absolute Gasteiger partial charge is 0.270 e. The van der Waals surface area contributed by atoms with Gasteiger partial charge in [-0.25, -0.2) is 4.98 Å². The normalized spacial score (nSPS) is 12.3. The van der Waals surface area contributed by atoms with Crippen LogP contribution in [-0.4, -0.2) is 29.1 Å². The first-order valence-electron chi connectivity index (χ1n) is 8.58. The van der Waals surface area contributed by atoms with Gasteiger partial charge in [-0.3, -0.25) is 9.78 Å². The van der Waals surface area contributed by atoms with Crippen LogP contribution in [0.3, 0.4) is 0 Å². The number of anilines is 2. The number of ether oxygens (including phenoxy) is 2. The van der Waals surface area contributed by atoms with E-state index in [9.17, 15) is 4.79 Å². The van der Waals surface area contributed by atoms with Gasteiger partial charge in [0.05, 0.1) is 11.9 Å². The Morgan fingerprint density at radius 2 is 1.85 bits per heavy atom. The van der Waals surface area contributed by atoms with Crippen molar-refractivity contribution in [2.24, 2.45) is 0 Å². The summed E-state index contributed by atoms with van der Waals surface area (Å²) in [6, 6.07) is 12.9. The van der Waals surface area contributed by atoms with E-state index in [0.29, 0.717) is 31.2 Å². The fraction of sp³-hybridized carbons (Fsp3) is 0.150. The minimum absolute atomic E-state index is 0.232. The first-order valence-corrected chi connectivity index (χ1v) is 8.58. The van der Waals surface area contributed by atoms with Crippen molar-refractivity contribution in [3.63, 3.8) is 0 Å². The van der Waals surface area contributed by atoms with Crippen molar-refractivity contribution in [3.05, 3.63) is 72.3 Å². The lowest BCUT2D eigenvalue weighted by molar-refractivity contribution is 0.0946.